The molecule has 0 aliphatic carbocycles. The lowest BCUT2D eigenvalue weighted by atomic mass is 9.84. The standard InChI is InChI=1S/C58H34S2/c1-2-15-35(16-3-1)54-39-18-4-6-20-41(39)56(42-21-7-5-19-40(42)54)37-29-31-47-53(34-37)60-52-28-14-26-48(58(47)52)57-45-24-10-8-22-43(45)55(44-23-9-11-25-46(44)57)36-30-32-51-49(33-36)38-17-12-13-27-50(38)59-51/h1-34H. The van der Waals surface area contributed by atoms with Crippen LogP contribution in [0.5, 0.6) is 0 Å². The number of rotatable bonds is 4. The minimum absolute atomic E-state index is 1.24. The second-order valence-electron chi connectivity index (χ2n) is 15.8. The van der Waals surface area contributed by atoms with Crippen LogP contribution in [-0.4, -0.2) is 0 Å². The van der Waals surface area contributed by atoms with Crippen LogP contribution in [-0.2, 0) is 0 Å². The quantitative estimate of drug-likeness (QED) is 0.156. The Morgan fingerprint density at radius 1 is 0.217 bits per heavy atom. The van der Waals surface area contributed by atoms with Crippen molar-refractivity contribution in [2.24, 2.45) is 0 Å². The molecule has 13 rings (SSSR count). The SMILES string of the molecule is c1ccc(-c2c3ccccc3c(-c3ccc4c(c3)sc3cccc(-c5c6ccccc6c(-c6ccc7sc8ccccc8c7c6)c6ccccc56)c34)c3ccccc23)cc1. The molecule has 0 bridgehead atoms. The van der Waals surface area contributed by atoms with Crippen molar-refractivity contribution in [1.29, 1.82) is 0 Å². The summed E-state index contributed by atoms with van der Waals surface area (Å²) >= 11 is 3.78. The summed E-state index contributed by atoms with van der Waals surface area (Å²) < 4.78 is 5.27. The number of hydrogen-bond acceptors (Lipinski definition) is 2. The minimum Gasteiger partial charge on any atom is -0.135 e. The van der Waals surface area contributed by atoms with Crippen LogP contribution in [0.2, 0.25) is 0 Å². The van der Waals surface area contributed by atoms with Crippen LogP contribution >= 0.6 is 22.7 Å². The van der Waals surface area contributed by atoms with E-state index < -0.39 is 0 Å². The van der Waals surface area contributed by atoms with Gasteiger partial charge in [0.25, 0.3) is 0 Å². The molecule has 60 heavy (non-hydrogen) atoms. The summed E-state index contributed by atoms with van der Waals surface area (Å²) in [5.41, 5.74) is 10.2. The van der Waals surface area contributed by atoms with Gasteiger partial charge in [0, 0.05) is 40.3 Å². The maximum Gasteiger partial charge on any atom is 0.0361 e. The number of fused-ring (bicyclic) bond motifs is 10. The first-order valence-electron chi connectivity index (χ1n) is 20.6. The summed E-state index contributed by atoms with van der Waals surface area (Å²) in [5, 5.41) is 15.5. The predicted molar refractivity (Wildman–Crippen MR) is 264 cm³/mol. The highest BCUT2D eigenvalue weighted by atomic mass is 32.1. The van der Waals surface area contributed by atoms with E-state index in [9.17, 15) is 0 Å². The highest BCUT2D eigenvalue weighted by Gasteiger charge is 2.22. The molecule has 0 nitrogen and oxygen atoms in total. The van der Waals surface area contributed by atoms with E-state index in [1.54, 1.807) is 0 Å². The molecule has 0 amide bonds. The molecule has 0 fully saturated rings. The second kappa shape index (κ2) is 13.2. The van der Waals surface area contributed by atoms with Crippen molar-refractivity contribution >= 4 is 106 Å². The van der Waals surface area contributed by atoms with Crippen LogP contribution in [0.1, 0.15) is 0 Å². The van der Waals surface area contributed by atoms with Crippen molar-refractivity contribution < 1.29 is 0 Å². The molecule has 0 atom stereocenters. The molecule has 2 heteroatoms. The average molecular weight is 795 g/mol. The van der Waals surface area contributed by atoms with E-state index in [0.717, 1.165) is 0 Å². The molecular formula is C58H34S2. The van der Waals surface area contributed by atoms with Gasteiger partial charge in [0.2, 0.25) is 0 Å². The third-order valence-corrected chi connectivity index (χ3v) is 14.9. The fourth-order valence-electron chi connectivity index (χ4n) is 10.2. The summed E-state index contributed by atoms with van der Waals surface area (Å²) in [7, 11) is 0. The number of thiophene rings is 2. The second-order valence-corrected chi connectivity index (χ2v) is 18.0. The Morgan fingerprint density at radius 3 is 1.25 bits per heavy atom. The fraction of sp³-hybridized carbons (Fsp3) is 0. The van der Waals surface area contributed by atoms with Gasteiger partial charge in [-0.3, -0.25) is 0 Å². The van der Waals surface area contributed by atoms with Gasteiger partial charge in [0.05, 0.1) is 0 Å². The molecule has 0 unspecified atom stereocenters. The van der Waals surface area contributed by atoms with Crippen LogP contribution in [0, 0.1) is 0 Å². The molecule has 0 aliphatic rings. The van der Waals surface area contributed by atoms with Gasteiger partial charge in [-0.25, -0.2) is 0 Å². The molecule has 0 N–H and O–H groups in total. The zero-order valence-electron chi connectivity index (χ0n) is 32.4. The Morgan fingerprint density at radius 2 is 0.650 bits per heavy atom. The van der Waals surface area contributed by atoms with Crippen LogP contribution in [0.25, 0.3) is 128 Å². The van der Waals surface area contributed by atoms with E-state index in [1.807, 2.05) is 22.7 Å². The number of hydrogen-bond donors (Lipinski definition) is 0. The lowest BCUT2D eigenvalue weighted by Crippen LogP contribution is -1.91. The van der Waals surface area contributed by atoms with Gasteiger partial charge in [0.15, 0.2) is 0 Å². The molecular weight excluding hydrogens is 761 g/mol. The molecule has 0 saturated heterocycles. The molecule has 2 aromatic heterocycles. The third-order valence-electron chi connectivity index (χ3n) is 12.6. The summed E-state index contributed by atoms with van der Waals surface area (Å²) in [5.74, 6) is 0. The van der Waals surface area contributed by atoms with Crippen molar-refractivity contribution in [2.75, 3.05) is 0 Å². The van der Waals surface area contributed by atoms with E-state index in [4.69, 9.17) is 0 Å². The largest absolute Gasteiger partial charge is 0.135 e. The normalized spacial score (nSPS) is 12.0. The summed E-state index contributed by atoms with van der Waals surface area (Å²) in [6.45, 7) is 0. The van der Waals surface area contributed by atoms with Crippen LogP contribution in [0.15, 0.2) is 206 Å². The zero-order chi connectivity index (χ0) is 39.3. The van der Waals surface area contributed by atoms with Crippen LogP contribution in [0.4, 0.5) is 0 Å². The molecule has 0 spiro atoms. The maximum absolute atomic E-state index is 2.45. The van der Waals surface area contributed by atoms with Gasteiger partial charge < -0.3 is 0 Å². The smallest absolute Gasteiger partial charge is 0.0361 e. The van der Waals surface area contributed by atoms with Crippen molar-refractivity contribution in [1.82, 2.24) is 0 Å². The maximum atomic E-state index is 2.45. The minimum atomic E-state index is 1.24. The monoisotopic (exact) mass is 794 g/mol. The third kappa shape index (κ3) is 4.96. The van der Waals surface area contributed by atoms with Gasteiger partial charge in [-0.2, -0.15) is 0 Å². The van der Waals surface area contributed by atoms with E-state index in [0.29, 0.717) is 0 Å². The lowest BCUT2D eigenvalue weighted by molar-refractivity contribution is 1.66. The highest BCUT2D eigenvalue weighted by molar-refractivity contribution is 7.26. The van der Waals surface area contributed by atoms with Gasteiger partial charge in [-0.15, -0.1) is 22.7 Å². The van der Waals surface area contributed by atoms with Gasteiger partial charge in [-0.1, -0.05) is 176 Å². The topological polar surface area (TPSA) is 0 Å². The number of benzene rings is 11. The Kier molecular flexibility index (Phi) is 7.45. The fourth-order valence-corrected chi connectivity index (χ4v) is 12.4. The first-order chi connectivity index (χ1) is 29.8. The van der Waals surface area contributed by atoms with Gasteiger partial charge in [0.1, 0.15) is 0 Å². The average Bonchev–Trinajstić information content (AvgIpc) is 3.88. The molecule has 278 valence electrons. The molecule has 0 aliphatic heterocycles. The van der Waals surface area contributed by atoms with Gasteiger partial charge in [-0.05, 0) is 118 Å². The first-order valence-corrected chi connectivity index (χ1v) is 22.2. The molecule has 0 saturated carbocycles. The Balaban J connectivity index is 1.05. The van der Waals surface area contributed by atoms with Crippen LogP contribution in [0.3, 0.4) is 0 Å². The molecule has 2 heterocycles. The zero-order valence-corrected chi connectivity index (χ0v) is 34.1. The molecule has 11 aromatic carbocycles. The van der Waals surface area contributed by atoms with E-state index in [-0.39, 0.29) is 0 Å². The molecule has 0 radical (unpaired) electrons. The van der Waals surface area contributed by atoms with Crippen molar-refractivity contribution in [2.45, 2.75) is 0 Å². The van der Waals surface area contributed by atoms with Crippen molar-refractivity contribution in [3.8, 4) is 44.5 Å². The van der Waals surface area contributed by atoms with Gasteiger partial charge >= 0.3 is 0 Å². The Labute approximate surface area is 354 Å². The Bertz CT molecular complexity index is 3770. The summed E-state index contributed by atoms with van der Waals surface area (Å²) in [6.07, 6.45) is 0. The first kappa shape index (κ1) is 33.8. The van der Waals surface area contributed by atoms with Crippen LogP contribution < -0.4 is 0 Å². The molecule has 13 aromatic rings. The predicted octanol–water partition coefficient (Wildman–Crippen LogP) is 17.7. The lowest BCUT2D eigenvalue weighted by Gasteiger charge is -2.18. The summed E-state index contributed by atoms with van der Waals surface area (Å²) in [4.78, 5) is 0. The van der Waals surface area contributed by atoms with E-state index >= 15 is 0 Å². The van der Waals surface area contributed by atoms with E-state index in [1.165, 1.54) is 128 Å². The Hall–Kier alpha value is -7.10. The summed E-state index contributed by atoms with van der Waals surface area (Å²) in [6, 6.07) is 76.9. The highest BCUT2D eigenvalue weighted by Crippen LogP contribution is 2.50. The van der Waals surface area contributed by atoms with Crippen molar-refractivity contribution in [3.05, 3.63) is 206 Å². The van der Waals surface area contributed by atoms with Crippen molar-refractivity contribution in [3.63, 3.8) is 0 Å². The van der Waals surface area contributed by atoms with E-state index in [2.05, 4.69) is 206 Å².